The van der Waals surface area contributed by atoms with Gasteiger partial charge in [0, 0.05) is 10.0 Å². The first-order chi connectivity index (χ1) is 8.97. The maximum atomic E-state index is 13.0. The van der Waals surface area contributed by atoms with Crippen molar-refractivity contribution in [2.24, 2.45) is 0 Å². The van der Waals surface area contributed by atoms with Crippen LogP contribution in [0.1, 0.15) is 21.5 Å². The first kappa shape index (κ1) is 13.7. The van der Waals surface area contributed by atoms with Crippen molar-refractivity contribution in [2.45, 2.75) is 13.8 Å². The molecule has 1 amide bonds. The van der Waals surface area contributed by atoms with E-state index in [9.17, 15) is 9.18 Å². The van der Waals surface area contributed by atoms with E-state index in [1.165, 1.54) is 18.2 Å². The van der Waals surface area contributed by atoms with E-state index in [1.807, 2.05) is 25.1 Å². The van der Waals surface area contributed by atoms with Crippen LogP contribution in [-0.4, -0.2) is 5.91 Å². The molecule has 1 N–H and O–H groups in total. The molecule has 0 fully saturated rings. The number of nitrogens with one attached hydrogen (secondary N) is 1. The van der Waals surface area contributed by atoms with E-state index in [1.54, 1.807) is 6.92 Å². The van der Waals surface area contributed by atoms with Gasteiger partial charge < -0.3 is 5.32 Å². The SMILES string of the molecule is Cc1ccc(NC(=O)c2ccc(F)cc2C)c(Br)c1. The molecule has 0 radical (unpaired) electrons. The Labute approximate surface area is 119 Å². The summed E-state index contributed by atoms with van der Waals surface area (Å²) in [6, 6.07) is 9.79. The number of hydrogen-bond acceptors (Lipinski definition) is 1. The standard InChI is InChI=1S/C15H13BrFNO/c1-9-3-6-14(13(16)7-9)18-15(19)12-5-4-11(17)8-10(12)2/h3-8H,1-2H3,(H,18,19). The summed E-state index contributed by atoms with van der Waals surface area (Å²) in [4.78, 5) is 12.1. The summed E-state index contributed by atoms with van der Waals surface area (Å²) in [6.45, 7) is 3.68. The summed E-state index contributed by atoms with van der Waals surface area (Å²) in [7, 11) is 0. The molecule has 2 nitrogen and oxygen atoms in total. The summed E-state index contributed by atoms with van der Waals surface area (Å²) in [6.07, 6.45) is 0. The predicted molar refractivity (Wildman–Crippen MR) is 78.0 cm³/mol. The number of carbonyl (C=O) groups is 1. The van der Waals surface area contributed by atoms with Crippen LogP contribution in [0.5, 0.6) is 0 Å². The average Bonchev–Trinajstić information content (AvgIpc) is 2.32. The zero-order valence-corrected chi connectivity index (χ0v) is 12.2. The lowest BCUT2D eigenvalue weighted by Crippen LogP contribution is -2.13. The summed E-state index contributed by atoms with van der Waals surface area (Å²) in [5, 5.41) is 2.81. The fourth-order valence-electron chi connectivity index (χ4n) is 1.79. The molecule has 0 heterocycles. The third kappa shape index (κ3) is 3.20. The van der Waals surface area contributed by atoms with Gasteiger partial charge in [-0.05, 0) is 71.2 Å². The van der Waals surface area contributed by atoms with Crippen molar-refractivity contribution in [3.8, 4) is 0 Å². The van der Waals surface area contributed by atoms with Gasteiger partial charge in [-0.2, -0.15) is 0 Å². The molecule has 0 aliphatic carbocycles. The van der Waals surface area contributed by atoms with Crippen LogP contribution in [0.15, 0.2) is 40.9 Å². The molecule has 0 spiro atoms. The Morgan fingerprint density at radius 2 is 1.89 bits per heavy atom. The van der Waals surface area contributed by atoms with Crippen LogP contribution in [0.2, 0.25) is 0 Å². The van der Waals surface area contributed by atoms with Gasteiger partial charge in [-0.15, -0.1) is 0 Å². The second kappa shape index (κ2) is 5.53. The Balaban J connectivity index is 2.25. The molecule has 98 valence electrons. The predicted octanol–water partition coefficient (Wildman–Crippen LogP) is 4.46. The first-order valence-corrected chi connectivity index (χ1v) is 6.60. The molecule has 0 bridgehead atoms. The molecule has 0 aliphatic rings. The van der Waals surface area contributed by atoms with Crippen LogP contribution in [0, 0.1) is 19.7 Å². The van der Waals surface area contributed by atoms with Crippen molar-refractivity contribution in [1.29, 1.82) is 0 Å². The molecule has 0 aliphatic heterocycles. The maximum Gasteiger partial charge on any atom is 0.255 e. The van der Waals surface area contributed by atoms with Crippen molar-refractivity contribution >= 4 is 27.5 Å². The van der Waals surface area contributed by atoms with Crippen molar-refractivity contribution in [1.82, 2.24) is 0 Å². The number of rotatable bonds is 2. The number of amides is 1. The van der Waals surface area contributed by atoms with Gasteiger partial charge in [0.2, 0.25) is 0 Å². The molecule has 2 rings (SSSR count). The van der Waals surface area contributed by atoms with Gasteiger partial charge in [-0.3, -0.25) is 4.79 Å². The quantitative estimate of drug-likeness (QED) is 0.869. The van der Waals surface area contributed by atoms with Crippen molar-refractivity contribution in [2.75, 3.05) is 5.32 Å². The van der Waals surface area contributed by atoms with Gasteiger partial charge in [-0.1, -0.05) is 6.07 Å². The van der Waals surface area contributed by atoms with E-state index in [4.69, 9.17) is 0 Å². The highest BCUT2D eigenvalue weighted by molar-refractivity contribution is 9.10. The molecule has 0 atom stereocenters. The highest BCUT2D eigenvalue weighted by Gasteiger charge is 2.11. The Kier molecular flexibility index (Phi) is 4.00. The van der Waals surface area contributed by atoms with Gasteiger partial charge >= 0.3 is 0 Å². The Bertz CT molecular complexity index is 640. The van der Waals surface area contributed by atoms with Gasteiger partial charge in [0.1, 0.15) is 5.82 Å². The van der Waals surface area contributed by atoms with Gasteiger partial charge in [-0.25, -0.2) is 4.39 Å². The van der Waals surface area contributed by atoms with Crippen LogP contribution in [0.3, 0.4) is 0 Å². The topological polar surface area (TPSA) is 29.1 Å². The molecule has 0 saturated heterocycles. The third-order valence-electron chi connectivity index (χ3n) is 2.81. The number of hydrogen-bond donors (Lipinski definition) is 1. The summed E-state index contributed by atoms with van der Waals surface area (Å²) in [5.41, 5.74) is 2.87. The number of aryl methyl sites for hydroxylation is 2. The van der Waals surface area contributed by atoms with Crippen molar-refractivity contribution in [3.05, 3.63) is 63.4 Å². The molecule has 0 saturated carbocycles. The van der Waals surface area contributed by atoms with E-state index >= 15 is 0 Å². The number of carbonyl (C=O) groups excluding carboxylic acids is 1. The van der Waals surface area contributed by atoms with E-state index < -0.39 is 0 Å². The minimum absolute atomic E-state index is 0.248. The molecule has 19 heavy (non-hydrogen) atoms. The number of halogens is 2. The summed E-state index contributed by atoms with van der Waals surface area (Å²) >= 11 is 3.40. The molecule has 4 heteroatoms. The monoisotopic (exact) mass is 321 g/mol. The Morgan fingerprint density at radius 3 is 2.53 bits per heavy atom. The normalized spacial score (nSPS) is 10.3. The van der Waals surface area contributed by atoms with E-state index in [0.29, 0.717) is 16.8 Å². The minimum Gasteiger partial charge on any atom is -0.321 e. The van der Waals surface area contributed by atoms with Crippen LogP contribution in [0.25, 0.3) is 0 Å². The molecule has 0 aromatic heterocycles. The molecular formula is C15H13BrFNO. The fraction of sp³-hybridized carbons (Fsp3) is 0.133. The van der Waals surface area contributed by atoms with Crippen LogP contribution >= 0.6 is 15.9 Å². The van der Waals surface area contributed by atoms with Gasteiger partial charge in [0.15, 0.2) is 0 Å². The Morgan fingerprint density at radius 1 is 1.16 bits per heavy atom. The second-order valence-electron chi connectivity index (χ2n) is 4.40. The lowest BCUT2D eigenvalue weighted by atomic mass is 10.1. The molecule has 2 aromatic carbocycles. The van der Waals surface area contributed by atoms with Gasteiger partial charge in [0.25, 0.3) is 5.91 Å². The van der Waals surface area contributed by atoms with Crippen molar-refractivity contribution < 1.29 is 9.18 Å². The number of benzene rings is 2. The number of anilines is 1. The molecular weight excluding hydrogens is 309 g/mol. The smallest absolute Gasteiger partial charge is 0.255 e. The second-order valence-corrected chi connectivity index (χ2v) is 5.25. The van der Waals surface area contributed by atoms with Gasteiger partial charge in [0.05, 0.1) is 5.69 Å². The lowest BCUT2D eigenvalue weighted by Gasteiger charge is -2.10. The van der Waals surface area contributed by atoms with Crippen LogP contribution in [-0.2, 0) is 0 Å². The van der Waals surface area contributed by atoms with Crippen molar-refractivity contribution in [3.63, 3.8) is 0 Å². The zero-order chi connectivity index (χ0) is 14.0. The largest absolute Gasteiger partial charge is 0.321 e. The minimum atomic E-state index is -0.342. The first-order valence-electron chi connectivity index (χ1n) is 5.81. The van der Waals surface area contributed by atoms with Crippen LogP contribution < -0.4 is 5.32 Å². The zero-order valence-electron chi connectivity index (χ0n) is 10.6. The van der Waals surface area contributed by atoms with E-state index in [0.717, 1.165) is 10.0 Å². The Hall–Kier alpha value is -1.68. The van der Waals surface area contributed by atoms with Crippen LogP contribution in [0.4, 0.5) is 10.1 Å². The highest BCUT2D eigenvalue weighted by Crippen LogP contribution is 2.24. The molecule has 0 unspecified atom stereocenters. The van der Waals surface area contributed by atoms with E-state index in [2.05, 4.69) is 21.2 Å². The average molecular weight is 322 g/mol. The highest BCUT2D eigenvalue weighted by atomic mass is 79.9. The fourth-order valence-corrected chi connectivity index (χ4v) is 2.39. The van der Waals surface area contributed by atoms with E-state index in [-0.39, 0.29) is 11.7 Å². The summed E-state index contributed by atoms with van der Waals surface area (Å²) < 4.78 is 13.8. The third-order valence-corrected chi connectivity index (χ3v) is 3.46. The lowest BCUT2D eigenvalue weighted by molar-refractivity contribution is 0.102. The maximum absolute atomic E-state index is 13.0. The molecule has 2 aromatic rings. The summed E-state index contributed by atoms with van der Waals surface area (Å²) in [5.74, 6) is -0.590.